The van der Waals surface area contributed by atoms with Gasteiger partial charge in [0, 0.05) is 30.0 Å². The Bertz CT molecular complexity index is 760. The smallest absolute Gasteiger partial charge is 0.282 e. The summed E-state index contributed by atoms with van der Waals surface area (Å²) in [4.78, 5) is 15.8. The summed E-state index contributed by atoms with van der Waals surface area (Å²) >= 11 is 0. The maximum atomic E-state index is 13.3. The summed E-state index contributed by atoms with van der Waals surface area (Å²) in [5.74, 6) is -0.305. The Morgan fingerprint density at radius 3 is 2.59 bits per heavy atom. The number of hydrogen-bond acceptors (Lipinski definition) is 3. The van der Waals surface area contributed by atoms with E-state index in [9.17, 15) is 9.18 Å². The van der Waals surface area contributed by atoms with Gasteiger partial charge in [-0.25, -0.2) is 4.39 Å². The number of hydrogen-bond donors (Lipinski definition) is 2. The molecule has 0 aromatic heterocycles. The molecule has 3 rings (SSSR count). The summed E-state index contributed by atoms with van der Waals surface area (Å²) in [6, 6.07) is 14.2. The van der Waals surface area contributed by atoms with E-state index in [1.54, 1.807) is 6.07 Å². The topological polar surface area (TPSA) is 46.0 Å². The van der Waals surface area contributed by atoms with Gasteiger partial charge < -0.3 is 19.9 Å². The van der Waals surface area contributed by atoms with Gasteiger partial charge >= 0.3 is 0 Å². The zero-order chi connectivity index (χ0) is 19.2. The van der Waals surface area contributed by atoms with Gasteiger partial charge in [-0.1, -0.05) is 12.1 Å². The number of morpholine rings is 1. The number of nitrogens with one attached hydrogen (secondary N) is 2. The fourth-order valence-electron chi connectivity index (χ4n) is 3.17. The molecule has 6 heteroatoms. The molecule has 0 spiro atoms. The molecule has 1 unspecified atom stereocenters. The number of nitrogens with zero attached hydrogens (tertiary/aromatic N) is 1. The van der Waals surface area contributed by atoms with Gasteiger partial charge in [-0.2, -0.15) is 0 Å². The van der Waals surface area contributed by atoms with Crippen LogP contribution in [0.2, 0.25) is 0 Å². The number of amides is 1. The Labute approximate surface area is 159 Å². The normalized spacial score (nSPS) is 16.6. The monoisotopic (exact) mass is 372 g/mol. The van der Waals surface area contributed by atoms with E-state index in [-0.39, 0.29) is 17.8 Å². The Balaban J connectivity index is 1.55. The third kappa shape index (κ3) is 5.28. The second-order valence-corrected chi connectivity index (χ2v) is 7.01. The van der Waals surface area contributed by atoms with Crippen LogP contribution < -0.4 is 15.1 Å². The fraction of sp³-hybridized carbons (Fsp3) is 0.381. The van der Waals surface area contributed by atoms with Crippen LogP contribution in [0.3, 0.4) is 0 Å². The predicted octanol–water partition coefficient (Wildman–Crippen LogP) is 1.70. The first-order valence-electron chi connectivity index (χ1n) is 9.33. The minimum absolute atomic E-state index is 0.0528. The summed E-state index contributed by atoms with van der Waals surface area (Å²) in [6.45, 7) is 5.73. The average molecular weight is 372 g/mol. The van der Waals surface area contributed by atoms with Crippen molar-refractivity contribution in [1.82, 2.24) is 0 Å². The standard InChI is InChI=1S/C21H26FN3O2/c1-16(24(2)15-17-4-3-5-18(22)14-17)21(26)23-19-6-8-20(9-7-19)25-10-12-27-13-11-25/h3-9,14,16H,10-13,15H2,1-2H3,(H,23,26)/p+1/t16-/m0/s1. The average Bonchev–Trinajstić information content (AvgIpc) is 2.68. The van der Waals surface area contributed by atoms with Gasteiger partial charge in [-0.05, 0) is 43.3 Å². The van der Waals surface area contributed by atoms with Crippen molar-refractivity contribution in [3.63, 3.8) is 0 Å². The zero-order valence-corrected chi connectivity index (χ0v) is 15.9. The number of halogens is 1. The Morgan fingerprint density at radius 1 is 1.22 bits per heavy atom. The summed E-state index contributed by atoms with van der Waals surface area (Å²) in [6.07, 6.45) is 0. The van der Waals surface area contributed by atoms with Crippen LogP contribution in [-0.4, -0.2) is 45.3 Å². The highest BCUT2D eigenvalue weighted by atomic mass is 19.1. The highest BCUT2D eigenvalue weighted by Crippen LogP contribution is 2.19. The lowest BCUT2D eigenvalue weighted by molar-refractivity contribution is -0.907. The predicted molar refractivity (Wildman–Crippen MR) is 105 cm³/mol. The van der Waals surface area contributed by atoms with Crippen molar-refractivity contribution in [3.05, 3.63) is 59.9 Å². The number of rotatable bonds is 6. The molecule has 1 heterocycles. The Kier molecular flexibility index (Phi) is 6.42. The molecule has 1 fully saturated rings. The van der Waals surface area contributed by atoms with Crippen molar-refractivity contribution in [3.8, 4) is 0 Å². The molecule has 0 bridgehead atoms. The molecular weight excluding hydrogens is 345 g/mol. The van der Waals surface area contributed by atoms with Crippen LogP contribution in [0.1, 0.15) is 12.5 Å². The molecule has 1 saturated heterocycles. The molecule has 27 heavy (non-hydrogen) atoms. The van der Waals surface area contributed by atoms with E-state index in [0.717, 1.165) is 48.1 Å². The second-order valence-electron chi connectivity index (χ2n) is 7.01. The quantitative estimate of drug-likeness (QED) is 0.812. The van der Waals surface area contributed by atoms with Crippen LogP contribution in [0, 0.1) is 5.82 Å². The van der Waals surface area contributed by atoms with E-state index >= 15 is 0 Å². The van der Waals surface area contributed by atoms with Crippen molar-refractivity contribution in [2.24, 2.45) is 0 Å². The second kappa shape index (κ2) is 8.97. The molecule has 0 aliphatic carbocycles. The number of quaternary nitrogens is 1. The van der Waals surface area contributed by atoms with E-state index in [1.165, 1.54) is 12.1 Å². The number of anilines is 2. The molecule has 2 N–H and O–H groups in total. The zero-order valence-electron chi connectivity index (χ0n) is 15.9. The van der Waals surface area contributed by atoms with Gasteiger partial charge in [-0.15, -0.1) is 0 Å². The van der Waals surface area contributed by atoms with Gasteiger partial charge in [0.15, 0.2) is 6.04 Å². The molecule has 1 aliphatic heterocycles. The molecule has 1 amide bonds. The largest absolute Gasteiger partial charge is 0.378 e. The van der Waals surface area contributed by atoms with Crippen molar-refractivity contribution < 1.29 is 18.8 Å². The SMILES string of the molecule is C[C@@H](C(=O)Nc1ccc(N2CCOCC2)cc1)[NH+](C)Cc1cccc(F)c1. The minimum Gasteiger partial charge on any atom is -0.378 e. The molecule has 0 saturated carbocycles. The van der Waals surface area contributed by atoms with Gasteiger partial charge in [0.05, 0.1) is 20.3 Å². The van der Waals surface area contributed by atoms with Crippen LogP contribution >= 0.6 is 0 Å². The number of carbonyl (C=O) groups excluding carboxylic acids is 1. The molecular formula is C21H27FN3O2+. The number of benzene rings is 2. The van der Waals surface area contributed by atoms with Crippen LogP contribution in [0.15, 0.2) is 48.5 Å². The summed E-state index contributed by atoms with van der Waals surface area (Å²) in [5.41, 5.74) is 2.79. The van der Waals surface area contributed by atoms with E-state index in [0.29, 0.717) is 6.54 Å². The van der Waals surface area contributed by atoms with Gasteiger partial charge in [0.25, 0.3) is 5.91 Å². The van der Waals surface area contributed by atoms with Gasteiger partial charge in [-0.3, -0.25) is 4.79 Å². The maximum absolute atomic E-state index is 13.3. The van der Waals surface area contributed by atoms with Crippen molar-refractivity contribution in [2.75, 3.05) is 43.6 Å². The third-order valence-electron chi connectivity index (χ3n) is 5.02. The number of carbonyl (C=O) groups is 1. The van der Waals surface area contributed by atoms with Crippen LogP contribution in [0.5, 0.6) is 0 Å². The molecule has 1 aliphatic rings. The van der Waals surface area contributed by atoms with E-state index in [2.05, 4.69) is 10.2 Å². The minimum atomic E-state index is -0.257. The highest BCUT2D eigenvalue weighted by Gasteiger charge is 2.22. The number of likely N-dealkylation sites (N-methyl/N-ethyl adjacent to an activating group) is 1. The molecule has 2 aromatic rings. The molecule has 5 nitrogen and oxygen atoms in total. The molecule has 0 radical (unpaired) electrons. The lowest BCUT2D eigenvalue weighted by atomic mass is 10.1. The first-order chi connectivity index (χ1) is 13.0. The lowest BCUT2D eigenvalue weighted by Crippen LogP contribution is -3.12. The van der Waals surface area contributed by atoms with Gasteiger partial charge in [0.1, 0.15) is 12.4 Å². The van der Waals surface area contributed by atoms with Crippen LogP contribution in [0.4, 0.5) is 15.8 Å². The molecule has 2 aromatic carbocycles. The lowest BCUT2D eigenvalue weighted by Gasteiger charge is -2.29. The Morgan fingerprint density at radius 2 is 1.93 bits per heavy atom. The van der Waals surface area contributed by atoms with Crippen molar-refractivity contribution in [2.45, 2.75) is 19.5 Å². The summed E-state index contributed by atoms with van der Waals surface area (Å²) in [7, 11) is 1.94. The van der Waals surface area contributed by atoms with Crippen molar-refractivity contribution in [1.29, 1.82) is 0 Å². The summed E-state index contributed by atoms with van der Waals surface area (Å²) < 4.78 is 18.7. The van der Waals surface area contributed by atoms with E-state index in [4.69, 9.17) is 4.74 Å². The highest BCUT2D eigenvalue weighted by molar-refractivity contribution is 5.93. The van der Waals surface area contributed by atoms with Gasteiger partial charge in [0.2, 0.25) is 0 Å². The van der Waals surface area contributed by atoms with Crippen LogP contribution in [0.25, 0.3) is 0 Å². The first kappa shape index (κ1) is 19.3. The summed E-state index contributed by atoms with van der Waals surface area (Å²) in [5, 5.41) is 2.97. The molecule has 144 valence electrons. The van der Waals surface area contributed by atoms with Crippen molar-refractivity contribution >= 4 is 17.3 Å². The van der Waals surface area contributed by atoms with E-state index in [1.807, 2.05) is 44.3 Å². The van der Waals surface area contributed by atoms with E-state index < -0.39 is 0 Å². The number of ether oxygens (including phenoxy) is 1. The first-order valence-corrected chi connectivity index (χ1v) is 9.33. The maximum Gasteiger partial charge on any atom is 0.282 e. The third-order valence-corrected chi connectivity index (χ3v) is 5.02. The fourth-order valence-corrected chi connectivity index (χ4v) is 3.17. The Hall–Kier alpha value is -2.44. The van der Waals surface area contributed by atoms with Crippen LogP contribution in [-0.2, 0) is 16.1 Å². The molecule has 2 atom stereocenters.